The molecule has 1 N–H and O–H groups in total. The van der Waals surface area contributed by atoms with Crippen molar-refractivity contribution in [2.75, 3.05) is 32.8 Å². The van der Waals surface area contributed by atoms with E-state index < -0.39 is 30.0 Å². The van der Waals surface area contributed by atoms with Crippen LogP contribution in [0.25, 0.3) is 0 Å². The molecule has 1 amide bonds. The molecule has 3 fully saturated rings. The summed E-state index contributed by atoms with van der Waals surface area (Å²) in [6, 6.07) is 15.1. The lowest BCUT2D eigenvalue weighted by Crippen LogP contribution is -2.56. The Hall–Kier alpha value is -2.72. The number of benzene rings is 2. The molecule has 228 valence electrons. The maximum atomic E-state index is 14.6. The van der Waals surface area contributed by atoms with Crippen LogP contribution >= 0.6 is 0 Å². The highest BCUT2D eigenvalue weighted by molar-refractivity contribution is 5.82. The molecule has 6 rings (SSSR count). The van der Waals surface area contributed by atoms with Crippen LogP contribution in [0.15, 0.2) is 48.5 Å². The number of rotatable bonds is 5. The van der Waals surface area contributed by atoms with Crippen molar-refractivity contribution in [3.63, 3.8) is 0 Å². The van der Waals surface area contributed by atoms with Gasteiger partial charge >= 0.3 is 6.18 Å². The number of carbonyl (C=O) groups is 1. The van der Waals surface area contributed by atoms with E-state index in [1.807, 2.05) is 29.2 Å². The molecule has 10 heteroatoms. The Morgan fingerprint density at radius 1 is 1.05 bits per heavy atom. The largest absolute Gasteiger partial charge is 0.484 e. The quantitative estimate of drug-likeness (QED) is 0.420. The minimum absolute atomic E-state index is 0.0114. The number of amides is 1. The Labute approximate surface area is 242 Å². The number of nitrogens with zero attached hydrogens (tertiary/aromatic N) is 1. The molecule has 5 nitrogen and oxygen atoms in total. The summed E-state index contributed by atoms with van der Waals surface area (Å²) in [4.78, 5) is 16.5. The molecule has 2 aromatic carbocycles. The maximum Gasteiger partial charge on any atom is 0.422 e. The van der Waals surface area contributed by atoms with Gasteiger partial charge in [-0.2, -0.15) is 13.2 Å². The molecule has 4 aliphatic rings. The van der Waals surface area contributed by atoms with Gasteiger partial charge in [-0.3, -0.25) is 4.79 Å². The molecule has 3 aliphatic heterocycles. The lowest BCUT2D eigenvalue weighted by molar-refractivity contribution is -0.153. The third kappa shape index (κ3) is 5.76. The Morgan fingerprint density at radius 3 is 2.55 bits per heavy atom. The van der Waals surface area contributed by atoms with Crippen LogP contribution in [0.4, 0.5) is 22.0 Å². The van der Waals surface area contributed by atoms with Crippen molar-refractivity contribution in [1.29, 1.82) is 0 Å². The summed E-state index contributed by atoms with van der Waals surface area (Å²) in [5.74, 6) is -2.85. The van der Waals surface area contributed by atoms with Gasteiger partial charge < -0.3 is 19.7 Å². The fourth-order valence-electron chi connectivity index (χ4n) is 7.80. The van der Waals surface area contributed by atoms with Crippen LogP contribution in [0, 0.1) is 11.8 Å². The fourth-order valence-corrected chi connectivity index (χ4v) is 7.80. The number of fused-ring (bicyclic) bond motifs is 2. The minimum atomic E-state index is -4.48. The van der Waals surface area contributed by atoms with E-state index in [9.17, 15) is 26.7 Å². The van der Waals surface area contributed by atoms with E-state index in [4.69, 9.17) is 9.47 Å². The zero-order valence-electron chi connectivity index (χ0n) is 23.5. The molecule has 2 saturated heterocycles. The molecule has 2 aromatic rings. The molecule has 0 unspecified atom stereocenters. The monoisotopic (exact) mass is 592 g/mol. The van der Waals surface area contributed by atoms with Crippen LogP contribution in [0.2, 0.25) is 0 Å². The van der Waals surface area contributed by atoms with E-state index in [0.717, 1.165) is 18.4 Å². The number of alkyl halides is 5. The van der Waals surface area contributed by atoms with Gasteiger partial charge in [0.15, 0.2) is 6.61 Å². The number of likely N-dealkylation sites (tertiary alicyclic amines) is 1. The number of hydrogen-bond donors (Lipinski definition) is 1. The second-order valence-corrected chi connectivity index (χ2v) is 12.4. The third-order valence-electron chi connectivity index (χ3n) is 9.93. The normalized spacial score (nSPS) is 29.8. The van der Waals surface area contributed by atoms with Gasteiger partial charge in [-0.25, -0.2) is 8.78 Å². The third-order valence-corrected chi connectivity index (χ3v) is 9.93. The van der Waals surface area contributed by atoms with E-state index in [-0.39, 0.29) is 55.6 Å². The SMILES string of the molecule is O=C([C@@H]1CNC[C@]12COCc1c(OCC(F)(F)F)cccc12)N1CC[C@@H](c2ccccc2)C[C@H]1C1CCC(F)(F)CC1. The molecule has 1 aliphatic carbocycles. The van der Waals surface area contributed by atoms with Gasteiger partial charge in [0.25, 0.3) is 0 Å². The van der Waals surface area contributed by atoms with E-state index in [1.54, 1.807) is 6.07 Å². The van der Waals surface area contributed by atoms with Crippen molar-refractivity contribution in [3.05, 3.63) is 65.2 Å². The zero-order chi connectivity index (χ0) is 29.5. The molecule has 1 saturated carbocycles. The number of carbonyl (C=O) groups excluding carboxylic acids is 1. The molecule has 4 atom stereocenters. The van der Waals surface area contributed by atoms with Crippen molar-refractivity contribution in [2.45, 2.75) is 74.6 Å². The second-order valence-electron chi connectivity index (χ2n) is 12.4. The highest BCUT2D eigenvalue weighted by atomic mass is 19.4. The summed E-state index contributed by atoms with van der Waals surface area (Å²) in [5.41, 5.74) is 1.77. The van der Waals surface area contributed by atoms with Crippen LogP contribution < -0.4 is 10.1 Å². The van der Waals surface area contributed by atoms with Crippen LogP contribution in [-0.2, 0) is 21.6 Å². The van der Waals surface area contributed by atoms with Crippen molar-refractivity contribution in [3.8, 4) is 5.75 Å². The Kier molecular flexibility index (Phi) is 7.98. The highest BCUT2D eigenvalue weighted by Gasteiger charge is 2.54. The summed E-state index contributed by atoms with van der Waals surface area (Å²) in [6.07, 6.45) is -2.54. The van der Waals surface area contributed by atoms with Gasteiger partial charge in [-0.05, 0) is 54.7 Å². The lowest BCUT2D eigenvalue weighted by atomic mass is 9.68. The van der Waals surface area contributed by atoms with Gasteiger partial charge in [-0.15, -0.1) is 0 Å². The van der Waals surface area contributed by atoms with Crippen molar-refractivity contribution in [2.24, 2.45) is 11.8 Å². The Balaban J connectivity index is 1.29. The van der Waals surface area contributed by atoms with E-state index in [0.29, 0.717) is 38.0 Å². The summed E-state index contributed by atoms with van der Waals surface area (Å²) in [6.45, 7) is 0.337. The van der Waals surface area contributed by atoms with E-state index in [1.165, 1.54) is 11.6 Å². The lowest BCUT2D eigenvalue weighted by Gasteiger charge is -2.48. The van der Waals surface area contributed by atoms with Crippen LogP contribution in [0.1, 0.15) is 61.1 Å². The van der Waals surface area contributed by atoms with Gasteiger partial charge in [-0.1, -0.05) is 42.5 Å². The summed E-state index contributed by atoms with van der Waals surface area (Å²) >= 11 is 0. The first-order valence-electron chi connectivity index (χ1n) is 14.9. The average molecular weight is 593 g/mol. The predicted octanol–water partition coefficient (Wildman–Crippen LogP) is 6.22. The molecule has 0 bridgehead atoms. The van der Waals surface area contributed by atoms with Crippen LogP contribution in [-0.4, -0.2) is 61.8 Å². The first-order chi connectivity index (χ1) is 20.1. The molecule has 1 spiro atoms. The smallest absolute Gasteiger partial charge is 0.422 e. The molecule has 42 heavy (non-hydrogen) atoms. The van der Waals surface area contributed by atoms with Gasteiger partial charge in [0.05, 0.1) is 19.1 Å². The van der Waals surface area contributed by atoms with E-state index >= 15 is 0 Å². The first kappa shape index (κ1) is 29.4. The fraction of sp³-hybridized carbons (Fsp3) is 0.594. The van der Waals surface area contributed by atoms with Crippen molar-refractivity contribution < 1.29 is 36.2 Å². The predicted molar refractivity (Wildman–Crippen MR) is 147 cm³/mol. The zero-order valence-corrected chi connectivity index (χ0v) is 23.5. The number of nitrogens with one attached hydrogen (secondary N) is 1. The Morgan fingerprint density at radius 2 is 1.81 bits per heavy atom. The topological polar surface area (TPSA) is 50.8 Å². The van der Waals surface area contributed by atoms with Gasteiger partial charge in [0.1, 0.15) is 5.75 Å². The van der Waals surface area contributed by atoms with Crippen molar-refractivity contribution >= 4 is 5.91 Å². The number of hydrogen-bond acceptors (Lipinski definition) is 4. The molecular weight excluding hydrogens is 555 g/mol. The minimum Gasteiger partial charge on any atom is -0.484 e. The average Bonchev–Trinajstić information content (AvgIpc) is 3.39. The van der Waals surface area contributed by atoms with Crippen LogP contribution in [0.5, 0.6) is 5.75 Å². The first-order valence-corrected chi connectivity index (χ1v) is 14.9. The molecular formula is C32H37F5N2O3. The molecule has 0 radical (unpaired) electrons. The summed E-state index contributed by atoms with van der Waals surface area (Å²) in [5, 5.41) is 3.36. The van der Waals surface area contributed by atoms with Crippen molar-refractivity contribution in [1.82, 2.24) is 10.2 Å². The van der Waals surface area contributed by atoms with Gasteiger partial charge in [0, 0.05) is 49.5 Å². The standard InChI is InChI=1S/C32H37F5N2O3/c33-31(34)12-9-22(10-13-31)27-15-23(21-5-2-1-3-6-21)11-14-39(27)29(40)26-16-38-18-30(26)19-41-17-24-25(30)7-4-8-28(24)42-20-32(35,36)37/h1-8,22-23,26-27,38H,9-20H2/t23-,26+,27+,30-/m1/s1. The number of piperidine rings is 1. The van der Waals surface area contributed by atoms with E-state index in [2.05, 4.69) is 17.4 Å². The molecule has 0 aromatic heterocycles. The molecule has 3 heterocycles. The van der Waals surface area contributed by atoms with Crippen LogP contribution in [0.3, 0.4) is 0 Å². The Bertz CT molecular complexity index is 1260. The highest BCUT2D eigenvalue weighted by Crippen LogP contribution is 2.47. The number of halogens is 5. The maximum absolute atomic E-state index is 14.6. The summed E-state index contributed by atoms with van der Waals surface area (Å²) in [7, 11) is 0. The second kappa shape index (κ2) is 11.4. The number of ether oxygens (including phenoxy) is 2. The van der Waals surface area contributed by atoms with Gasteiger partial charge in [0.2, 0.25) is 11.8 Å². The summed E-state index contributed by atoms with van der Waals surface area (Å²) < 4.78 is 78.3.